The van der Waals surface area contributed by atoms with Crippen LogP contribution in [0.15, 0.2) is 18.2 Å². The predicted octanol–water partition coefficient (Wildman–Crippen LogP) is 2.65. The number of hydrogen-bond acceptors (Lipinski definition) is 2. The third-order valence-electron chi connectivity index (χ3n) is 2.52. The van der Waals surface area contributed by atoms with Crippen molar-refractivity contribution in [2.24, 2.45) is 5.73 Å². The van der Waals surface area contributed by atoms with Crippen LogP contribution < -0.4 is 5.73 Å². The second-order valence-corrected chi connectivity index (χ2v) is 4.51. The fourth-order valence-electron chi connectivity index (χ4n) is 1.56. The molecule has 0 aromatic heterocycles. The molecule has 90 valence electrons. The highest BCUT2D eigenvalue weighted by Crippen LogP contribution is 2.17. The Balaban J connectivity index is 2.73. The van der Waals surface area contributed by atoms with E-state index in [1.807, 2.05) is 0 Å². The number of rotatable bonds is 5. The van der Waals surface area contributed by atoms with E-state index in [9.17, 15) is 4.39 Å². The summed E-state index contributed by atoms with van der Waals surface area (Å²) in [6.07, 6.45) is 0. The van der Waals surface area contributed by atoms with E-state index in [0.29, 0.717) is 12.6 Å². The van der Waals surface area contributed by atoms with E-state index in [4.69, 9.17) is 17.3 Å². The monoisotopic (exact) mass is 244 g/mol. The van der Waals surface area contributed by atoms with Crippen molar-refractivity contribution in [3.63, 3.8) is 0 Å². The third-order valence-corrected chi connectivity index (χ3v) is 2.81. The number of nitrogens with zero attached hydrogens (tertiary/aromatic N) is 1. The first-order valence-electron chi connectivity index (χ1n) is 5.42. The largest absolute Gasteiger partial charge is 0.329 e. The molecule has 0 spiro atoms. The lowest BCUT2D eigenvalue weighted by Crippen LogP contribution is -2.34. The van der Waals surface area contributed by atoms with Crippen molar-refractivity contribution >= 4 is 11.6 Å². The lowest BCUT2D eigenvalue weighted by atomic mass is 10.2. The normalized spacial score (nSPS) is 11.4. The van der Waals surface area contributed by atoms with Crippen LogP contribution in [0.5, 0.6) is 0 Å². The SMILES string of the molecule is CC(C)N(CCN)Cc1ccc(F)c(Cl)c1. The van der Waals surface area contributed by atoms with Crippen LogP contribution in [-0.4, -0.2) is 24.0 Å². The summed E-state index contributed by atoms with van der Waals surface area (Å²) >= 11 is 5.74. The smallest absolute Gasteiger partial charge is 0.141 e. The first-order valence-corrected chi connectivity index (χ1v) is 5.80. The highest BCUT2D eigenvalue weighted by atomic mass is 35.5. The Morgan fingerprint density at radius 1 is 1.44 bits per heavy atom. The molecule has 0 atom stereocenters. The minimum absolute atomic E-state index is 0.175. The molecular formula is C12H18ClFN2. The zero-order valence-electron chi connectivity index (χ0n) is 9.71. The van der Waals surface area contributed by atoms with Crippen LogP contribution in [0, 0.1) is 5.82 Å². The first-order chi connectivity index (χ1) is 7.54. The molecule has 1 aromatic rings. The topological polar surface area (TPSA) is 29.3 Å². The van der Waals surface area contributed by atoms with Crippen molar-refractivity contribution < 1.29 is 4.39 Å². The van der Waals surface area contributed by atoms with Crippen molar-refractivity contribution in [2.75, 3.05) is 13.1 Å². The van der Waals surface area contributed by atoms with Gasteiger partial charge < -0.3 is 5.73 Å². The van der Waals surface area contributed by atoms with Gasteiger partial charge in [-0.05, 0) is 31.5 Å². The lowest BCUT2D eigenvalue weighted by Gasteiger charge is -2.25. The molecule has 0 aliphatic heterocycles. The fraction of sp³-hybridized carbons (Fsp3) is 0.500. The van der Waals surface area contributed by atoms with Crippen LogP contribution in [0.25, 0.3) is 0 Å². The van der Waals surface area contributed by atoms with E-state index < -0.39 is 0 Å². The average Bonchev–Trinajstić information content (AvgIpc) is 2.22. The van der Waals surface area contributed by atoms with Crippen LogP contribution in [0.4, 0.5) is 4.39 Å². The number of nitrogens with two attached hydrogens (primary N) is 1. The van der Waals surface area contributed by atoms with Gasteiger partial charge in [-0.3, -0.25) is 4.90 Å². The van der Waals surface area contributed by atoms with Crippen LogP contribution in [-0.2, 0) is 6.54 Å². The Hall–Kier alpha value is -0.640. The molecule has 4 heteroatoms. The summed E-state index contributed by atoms with van der Waals surface area (Å²) < 4.78 is 13.0. The number of benzene rings is 1. The third kappa shape index (κ3) is 3.74. The van der Waals surface area contributed by atoms with E-state index in [0.717, 1.165) is 18.7 Å². The first kappa shape index (κ1) is 13.4. The second-order valence-electron chi connectivity index (χ2n) is 4.10. The standard InChI is InChI=1S/C12H18ClFN2/c1-9(2)16(6-5-15)8-10-3-4-12(14)11(13)7-10/h3-4,7,9H,5-6,8,15H2,1-2H3. The minimum atomic E-state index is -0.375. The van der Waals surface area contributed by atoms with E-state index in [1.54, 1.807) is 12.1 Å². The lowest BCUT2D eigenvalue weighted by molar-refractivity contribution is 0.219. The second kappa shape index (κ2) is 6.18. The molecule has 2 nitrogen and oxygen atoms in total. The van der Waals surface area contributed by atoms with Gasteiger partial charge in [-0.2, -0.15) is 0 Å². The summed E-state index contributed by atoms with van der Waals surface area (Å²) in [5.74, 6) is -0.375. The van der Waals surface area contributed by atoms with E-state index in [2.05, 4.69) is 18.7 Å². The van der Waals surface area contributed by atoms with Crippen molar-refractivity contribution in [1.29, 1.82) is 0 Å². The molecule has 0 aliphatic rings. The van der Waals surface area contributed by atoms with Crippen molar-refractivity contribution in [3.05, 3.63) is 34.6 Å². The summed E-state index contributed by atoms with van der Waals surface area (Å²) in [5, 5.41) is 0.175. The van der Waals surface area contributed by atoms with Crippen molar-refractivity contribution in [1.82, 2.24) is 4.90 Å². The van der Waals surface area contributed by atoms with E-state index in [1.165, 1.54) is 6.07 Å². The van der Waals surface area contributed by atoms with E-state index >= 15 is 0 Å². The maximum absolute atomic E-state index is 13.0. The van der Waals surface area contributed by atoms with Gasteiger partial charge in [0.05, 0.1) is 5.02 Å². The summed E-state index contributed by atoms with van der Waals surface area (Å²) in [5.41, 5.74) is 6.56. The molecule has 0 aliphatic carbocycles. The van der Waals surface area contributed by atoms with Gasteiger partial charge >= 0.3 is 0 Å². The Bertz CT molecular complexity index is 342. The number of halogens is 2. The molecule has 2 N–H and O–H groups in total. The molecule has 0 bridgehead atoms. The van der Waals surface area contributed by atoms with Gasteiger partial charge in [0, 0.05) is 25.7 Å². The molecule has 0 fully saturated rings. The molecule has 0 saturated carbocycles. The van der Waals surface area contributed by atoms with Crippen LogP contribution in [0.2, 0.25) is 5.02 Å². The van der Waals surface area contributed by atoms with Gasteiger partial charge in [0.15, 0.2) is 0 Å². The van der Waals surface area contributed by atoms with Gasteiger partial charge in [-0.1, -0.05) is 17.7 Å². The molecule has 0 unspecified atom stereocenters. The number of hydrogen-bond donors (Lipinski definition) is 1. The summed E-state index contributed by atoms with van der Waals surface area (Å²) in [6.45, 7) is 6.41. The van der Waals surface area contributed by atoms with Gasteiger partial charge in [-0.15, -0.1) is 0 Å². The van der Waals surface area contributed by atoms with Crippen molar-refractivity contribution in [3.8, 4) is 0 Å². The van der Waals surface area contributed by atoms with E-state index in [-0.39, 0.29) is 10.8 Å². The molecule has 0 heterocycles. The summed E-state index contributed by atoms with van der Waals surface area (Å²) in [6, 6.07) is 5.24. The Morgan fingerprint density at radius 3 is 2.62 bits per heavy atom. The zero-order chi connectivity index (χ0) is 12.1. The maximum Gasteiger partial charge on any atom is 0.141 e. The minimum Gasteiger partial charge on any atom is -0.329 e. The van der Waals surface area contributed by atoms with Gasteiger partial charge in [-0.25, -0.2) is 4.39 Å². The predicted molar refractivity (Wildman–Crippen MR) is 66.0 cm³/mol. The average molecular weight is 245 g/mol. The van der Waals surface area contributed by atoms with Crippen molar-refractivity contribution in [2.45, 2.75) is 26.4 Å². The quantitative estimate of drug-likeness (QED) is 0.863. The molecule has 16 heavy (non-hydrogen) atoms. The highest BCUT2D eigenvalue weighted by molar-refractivity contribution is 6.30. The molecular weight excluding hydrogens is 227 g/mol. The van der Waals surface area contributed by atoms with Gasteiger partial charge in [0.1, 0.15) is 5.82 Å². The zero-order valence-corrected chi connectivity index (χ0v) is 10.5. The maximum atomic E-state index is 13.0. The van der Waals surface area contributed by atoms with Crippen LogP contribution >= 0.6 is 11.6 Å². The van der Waals surface area contributed by atoms with Gasteiger partial charge in [0.2, 0.25) is 0 Å². The fourth-order valence-corrected chi connectivity index (χ4v) is 1.76. The highest BCUT2D eigenvalue weighted by Gasteiger charge is 2.10. The molecule has 0 amide bonds. The molecule has 1 rings (SSSR count). The van der Waals surface area contributed by atoms with Crippen LogP contribution in [0.1, 0.15) is 19.4 Å². The molecule has 1 aromatic carbocycles. The summed E-state index contributed by atoms with van der Waals surface area (Å²) in [7, 11) is 0. The van der Waals surface area contributed by atoms with Gasteiger partial charge in [0.25, 0.3) is 0 Å². The molecule has 0 saturated heterocycles. The molecule has 0 radical (unpaired) electrons. The van der Waals surface area contributed by atoms with Crippen LogP contribution in [0.3, 0.4) is 0 Å². The summed E-state index contributed by atoms with van der Waals surface area (Å²) in [4.78, 5) is 2.23. The Morgan fingerprint density at radius 2 is 2.12 bits per heavy atom. The Kier molecular flexibility index (Phi) is 5.19. The Labute approximate surface area is 101 Å².